The predicted molar refractivity (Wildman–Crippen MR) is 117 cm³/mol. The zero-order valence-corrected chi connectivity index (χ0v) is 18.3. The van der Waals surface area contributed by atoms with Crippen molar-refractivity contribution in [3.8, 4) is 17.2 Å². The number of amides is 2. The van der Waals surface area contributed by atoms with E-state index in [2.05, 4.69) is 5.32 Å². The number of carbonyl (C=O) groups excluding carboxylic acids is 2. The Bertz CT molecular complexity index is 915. The van der Waals surface area contributed by atoms with Gasteiger partial charge in [0.25, 0.3) is 0 Å². The van der Waals surface area contributed by atoms with E-state index >= 15 is 0 Å². The first-order valence-corrected chi connectivity index (χ1v) is 10.5. The van der Waals surface area contributed by atoms with Gasteiger partial charge < -0.3 is 24.4 Å². The molecule has 0 spiro atoms. The Kier molecular flexibility index (Phi) is 7.76. The van der Waals surface area contributed by atoms with Gasteiger partial charge in [0.1, 0.15) is 23.3 Å². The Hall–Kier alpha value is -3.22. The summed E-state index contributed by atoms with van der Waals surface area (Å²) in [5, 5.41) is 2.99. The maximum absolute atomic E-state index is 13.1. The molecule has 1 heterocycles. The van der Waals surface area contributed by atoms with Gasteiger partial charge in [-0.3, -0.25) is 9.59 Å². The number of hydrogen-bond donors (Lipinski definition) is 1. The summed E-state index contributed by atoms with van der Waals surface area (Å²) in [6.07, 6.45) is 2.72. The van der Waals surface area contributed by atoms with E-state index in [0.717, 1.165) is 29.7 Å². The number of benzene rings is 2. The van der Waals surface area contributed by atoms with Crippen LogP contribution in [0.4, 0.5) is 0 Å². The molecule has 166 valence electrons. The third kappa shape index (κ3) is 5.69. The van der Waals surface area contributed by atoms with Crippen molar-refractivity contribution in [2.24, 2.45) is 0 Å². The lowest BCUT2D eigenvalue weighted by molar-refractivity contribution is -0.140. The second-order valence-corrected chi connectivity index (χ2v) is 7.53. The van der Waals surface area contributed by atoms with Crippen molar-refractivity contribution in [3.63, 3.8) is 0 Å². The average molecular weight is 427 g/mol. The number of nitrogens with zero attached hydrogens (tertiary/aromatic N) is 1. The number of hydrogen-bond acceptors (Lipinski definition) is 5. The van der Waals surface area contributed by atoms with Crippen molar-refractivity contribution in [1.29, 1.82) is 0 Å². The molecule has 7 nitrogen and oxygen atoms in total. The maximum atomic E-state index is 13.1. The predicted octanol–water partition coefficient (Wildman–Crippen LogP) is 3.30. The molecule has 0 saturated carbocycles. The minimum atomic E-state index is -0.516. The molecule has 0 radical (unpaired) electrons. The molecule has 2 aromatic carbocycles. The molecule has 7 heteroatoms. The fourth-order valence-corrected chi connectivity index (χ4v) is 3.85. The van der Waals surface area contributed by atoms with E-state index in [-0.39, 0.29) is 18.4 Å². The molecule has 1 saturated heterocycles. The van der Waals surface area contributed by atoms with E-state index in [9.17, 15) is 9.59 Å². The van der Waals surface area contributed by atoms with Crippen LogP contribution >= 0.6 is 0 Å². The Morgan fingerprint density at radius 2 is 1.81 bits per heavy atom. The minimum absolute atomic E-state index is 0.000527. The molecule has 0 aromatic heterocycles. The van der Waals surface area contributed by atoms with Crippen molar-refractivity contribution in [3.05, 3.63) is 53.6 Å². The number of likely N-dealkylation sites (tertiary alicyclic amines) is 1. The molecular formula is C24H30N2O5. The summed E-state index contributed by atoms with van der Waals surface area (Å²) in [5.74, 6) is 1.92. The standard InChI is InChI=1S/C24H30N2O5/c1-29-19-8-6-7-17(13-19)16-26-21(9-4-5-10-23(26)27)24(28)25-15-18-14-20(30-2)11-12-22(18)31-3/h6-8,11-14,21H,4-5,9-10,15-16H2,1-3H3,(H,25,28). The van der Waals surface area contributed by atoms with E-state index in [4.69, 9.17) is 14.2 Å². The number of methoxy groups -OCH3 is 3. The Labute approximate surface area is 183 Å². The Morgan fingerprint density at radius 1 is 1.03 bits per heavy atom. The molecule has 1 aliphatic heterocycles. The molecule has 1 fully saturated rings. The molecule has 0 bridgehead atoms. The lowest BCUT2D eigenvalue weighted by Gasteiger charge is -2.29. The highest BCUT2D eigenvalue weighted by Gasteiger charge is 2.31. The van der Waals surface area contributed by atoms with Crippen molar-refractivity contribution < 1.29 is 23.8 Å². The molecule has 1 unspecified atom stereocenters. The summed E-state index contributed by atoms with van der Waals surface area (Å²) in [7, 11) is 4.80. The summed E-state index contributed by atoms with van der Waals surface area (Å²) < 4.78 is 16.0. The lowest BCUT2D eigenvalue weighted by atomic mass is 10.1. The summed E-state index contributed by atoms with van der Waals surface area (Å²) >= 11 is 0. The number of ether oxygens (including phenoxy) is 3. The fourth-order valence-electron chi connectivity index (χ4n) is 3.85. The first kappa shape index (κ1) is 22.5. The number of rotatable bonds is 8. The van der Waals surface area contributed by atoms with Gasteiger partial charge in [0.15, 0.2) is 0 Å². The van der Waals surface area contributed by atoms with E-state index in [1.807, 2.05) is 42.5 Å². The van der Waals surface area contributed by atoms with Crippen molar-refractivity contribution in [2.45, 2.75) is 44.8 Å². The number of nitrogens with one attached hydrogen (secondary N) is 1. The molecule has 31 heavy (non-hydrogen) atoms. The van der Waals surface area contributed by atoms with Gasteiger partial charge in [0.05, 0.1) is 21.3 Å². The van der Waals surface area contributed by atoms with Crippen LogP contribution in [0, 0.1) is 0 Å². The highest BCUT2D eigenvalue weighted by atomic mass is 16.5. The molecule has 1 N–H and O–H groups in total. The molecule has 2 aromatic rings. The van der Waals surface area contributed by atoms with E-state index in [0.29, 0.717) is 30.9 Å². The molecule has 0 aliphatic carbocycles. The van der Waals surface area contributed by atoms with Crippen LogP contribution < -0.4 is 19.5 Å². The Morgan fingerprint density at radius 3 is 2.55 bits per heavy atom. The van der Waals surface area contributed by atoms with E-state index < -0.39 is 6.04 Å². The summed E-state index contributed by atoms with van der Waals surface area (Å²) in [5.41, 5.74) is 1.75. The quantitative estimate of drug-likeness (QED) is 0.701. The molecule has 1 atom stereocenters. The van der Waals surface area contributed by atoms with Crippen LogP contribution in [0.25, 0.3) is 0 Å². The van der Waals surface area contributed by atoms with E-state index in [1.165, 1.54) is 0 Å². The summed E-state index contributed by atoms with van der Waals surface area (Å²) in [6.45, 7) is 0.660. The second-order valence-electron chi connectivity index (χ2n) is 7.53. The highest BCUT2D eigenvalue weighted by molar-refractivity contribution is 5.88. The third-order valence-electron chi connectivity index (χ3n) is 5.55. The average Bonchev–Trinajstić information content (AvgIpc) is 2.98. The molecule has 3 rings (SSSR count). The van der Waals surface area contributed by atoms with Gasteiger partial charge in [0, 0.05) is 25.1 Å². The normalized spacial score (nSPS) is 16.4. The second kappa shape index (κ2) is 10.7. The van der Waals surface area contributed by atoms with Crippen LogP contribution in [0.5, 0.6) is 17.2 Å². The zero-order chi connectivity index (χ0) is 22.2. The van der Waals surface area contributed by atoms with Gasteiger partial charge in [-0.1, -0.05) is 18.6 Å². The van der Waals surface area contributed by atoms with Crippen molar-refractivity contribution in [2.75, 3.05) is 21.3 Å². The monoisotopic (exact) mass is 426 g/mol. The van der Waals surface area contributed by atoms with Gasteiger partial charge in [-0.05, 0) is 48.7 Å². The van der Waals surface area contributed by atoms with Crippen LogP contribution in [-0.2, 0) is 22.7 Å². The molecule has 1 aliphatic rings. The van der Waals surface area contributed by atoms with Gasteiger partial charge in [-0.2, -0.15) is 0 Å². The molecule has 2 amide bonds. The van der Waals surface area contributed by atoms with Crippen molar-refractivity contribution in [1.82, 2.24) is 10.2 Å². The summed E-state index contributed by atoms with van der Waals surface area (Å²) in [6, 6.07) is 12.5. The van der Waals surface area contributed by atoms with Crippen molar-refractivity contribution >= 4 is 11.8 Å². The number of carbonyl (C=O) groups is 2. The molecular weight excluding hydrogens is 396 g/mol. The topological polar surface area (TPSA) is 77.1 Å². The minimum Gasteiger partial charge on any atom is -0.497 e. The lowest BCUT2D eigenvalue weighted by Crippen LogP contribution is -2.48. The van der Waals surface area contributed by atoms with Crippen LogP contribution in [0.1, 0.15) is 36.8 Å². The zero-order valence-electron chi connectivity index (χ0n) is 18.3. The Balaban J connectivity index is 1.75. The SMILES string of the molecule is COc1cccc(CN2C(=O)CCCCC2C(=O)NCc2cc(OC)ccc2OC)c1. The first-order valence-electron chi connectivity index (χ1n) is 10.5. The van der Waals surface area contributed by atoms with Gasteiger partial charge in [-0.25, -0.2) is 0 Å². The fraction of sp³-hybridized carbons (Fsp3) is 0.417. The smallest absolute Gasteiger partial charge is 0.243 e. The maximum Gasteiger partial charge on any atom is 0.243 e. The van der Waals surface area contributed by atoms with Gasteiger partial charge in [-0.15, -0.1) is 0 Å². The van der Waals surface area contributed by atoms with Gasteiger partial charge in [0.2, 0.25) is 11.8 Å². The third-order valence-corrected chi connectivity index (χ3v) is 5.55. The van der Waals surface area contributed by atoms with E-state index in [1.54, 1.807) is 26.2 Å². The summed E-state index contributed by atoms with van der Waals surface area (Å²) in [4.78, 5) is 27.7. The first-order chi connectivity index (χ1) is 15.0. The van der Waals surface area contributed by atoms with Crippen LogP contribution in [-0.4, -0.2) is 44.1 Å². The largest absolute Gasteiger partial charge is 0.497 e. The van der Waals surface area contributed by atoms with Crippen LogP contribution in [0.2, 0.25) is 0 Å². The van der Waals surface area contributed by atoms with Crippen LogP contribution in [0.3, 0.4) is 0 Å². The van der Waals surface area contributed by atoms with Gasteiger partial charge >= 0.3 is 0 Å². The van der Waals surface area contributed by atoms with Crippen LogP contribution in [0.15, 0.2) is 42.5 Å². The highest BCUT2D eigenvalue weighted by Crippen LogP contribution is 2.25.